The van der Waals surface area contributed by atoms with E-state index in [4.69, 9.17) is 32.7 Å². The summed E-state index contributed by atoms with van der Waals surface area (Å²) < 4.78 is 9.72. The number of ether oxygens (including phenoxy) is 2. The Morgan fingerprint density at radius 1 is 1.24 bits per heavy atom. The molecular formula is C17H20Cl2N2O4. The summed E-state index contributed by atoms with van der Waals surface area (Å²) in [6, 6.07) is 6.82. The molecule has 1 atom stereocenters. The molecule has 1 aliphatic heterocycles. The van der Waals surface area contributed by atoms with Crippen molar-refractivity contribution in [2.24, 2.45) is 5.41 Å². The Hall–Kier alpha value is -1.50. The van der Waals surface area contributed by atoms with Gasteiger partial charge in [-0.3, -0.25) is 9.59 Å². The van der Waals surface area contributed by atoms with Gasteiger partial charge in [0.25, 0.3) is 5.91 Å². The lowest BCUT2D eigenvalue weighted by Gasteiger charge is -2.26. The normalized spacial score (nSPS) is 24.5. The van der Waals surface area contributed by atoms with Crippen molar-refractivity contribution < 1.29 is 19.1 Å². The molecule has 1 saturated heterocycles. The van der Waals surface area contributed by atoms with E-state index in [-0.39, 0.29) is 18.4 Å². The van der Waals surface area contributed by atoms with Crippen molar-refractivity contribution in [1.82, 2.24) is 4.90 Å². The van der Waals surface area contributed by atoms with E-state index in [0.717, 1.165) is 0 Å². The van der Waals surface area contributed by atoms with Gasteiger partial charge in [-0.2, -0.15) is 0 Å². The second-order valence-corrected chi connectivity index (χ2v) is 7.96. The number of halogens is 2. The summed E-state index contributed by atoms with van der Waals surface area (Å²) in [7, 11) is 0. The van der Waals surface area contributed by atoms with Crippen LogP contribution in [-0.2, 0) is 14.3 Å². The SMILES string of the molecule is CC1(C(=O)Nc2ccc(OCC(=O)N3CCOCC3)cc2)CC1(Cl)Cl. The largest absolute Gasteiger partial charge is 0.484 e. The summed E-state index contributed by atoms with van der Waals surface area (Å²) in [5, 5.41) is 2.79. The van der Waals surface area contributed by atoms with Gasteiger partial charge in [0.1, 0.15) is 10.1 Å². The molecule has 0 radical (unpaired) electrons. The molecule has 136 valence electrons. The first-order valence-corrected chi connectivity index (χ1v) is 8.85. The van der Waals surface area contributed by atoms with E-state index in [0.29, 0.717) is 44.2 Å². The van der Waals surface area contributed by atoms with Crippen molar-refractivity contribution in [3.63, 3.8) is 0 Å². The molecule has 2 fully saturated rings. The lowest BCUT2D eigenvalue weighted by molar-refractivity contribution is -0.137. The number of benzene rings is 1. The minimum atomic E-state index is -1.00. The predicted octanol–water partition coefficient (Wildman–Crippen LogP) is 2.45. The quantitative estimate of drug-likeness (QED) is 0.789. The summed E-state index contributed by atoms with van der Waals surface area (Å²) in [5.41, 5.74) is -0.148. The smallest absolute Gasteiger partial charge is 0.260 e. The number of alkyl halides is 2. The zero-order valence-electron chi connectivity index (χ0n) is 13.9. The van der Waals surface area contributed by atoms with Gasteiger partial charge in [0, 0.05) is 18.8 Å². The summed E-state index contributed by atoms with van der Waals surface area (Å²) in [5.74, 6) is 0.276. The first-order valence-electron chi connectivity index (χ1n) is 8.09. The van der Waals surface area contributed by atoms with E-state index < -0.39 is 9.75 Å². The van der Waals surface area contributed by atoms with Crippen molar-refractivity contribution in [3.05, 3.63) is 24.3 Å². The number of nitrogens with zero attached hydrogens (tertiary/aromatic N) is 1. The Labute approximate surface area is 156 Å². The van der Waals surface area contributed by atoms with Crippen molar-refractivity contribution in [2.45, 2.75) is 17.7 Å². The third-order valence-electron chi connectivity index (χ3n) is 4.60. The Bertz CT molecular complexity index is 659. The van der Waals surface area contributed by atoms with Crippen LogP contribution in [0.15, 0.2) is 24.3 Å². The highest BCUT2D eigenvalue weighted by Crippen LogP contribution is 2.64. The van der Waals surface area contributed by atoms with Crippen LogP contribution in [0.5, 0.6) is 5.75 Å². The summed E-state index contributed by atoms with van der Waals surface area (Å²) in [6.07, 6.45) is 0.430. The van der Waals surface area contributed by atoms with Gasteiger partial charge in [-0.1, -0.05) is 0 Å². The van der Waals surface area contributed by atoms with Gasteiger partial charge < -0.3 is 19.7 Å². The first kappa shape index (κ1) is 18.3. The maximum atomic E-state index is 12.2. The van der Waals surface area contributed by atoms with Crippen molar-refractivity contribution in [2.75, 3.05) is 38.2 Å². The van der Waals surface area contributed by atoms with Crippen LogP contribution in [0.2, 0.25) is 0 Å². The zero-order valence-corrected chi connectivity index (χ0v) is 15.4. The molecule has 8 heteroatoms. The van der Waals surface area contributed by atoms with Gasteiger partial charge in [0.2, 0.25) is 5.91 Å². The highest BCUT2D eigenvalue weighted by atomic mass is 35.5. The highest BCUT2D eigenvalue weighted by molar-refractivity contribution is 6.53. The average Bonchev–Trinajstić information content (AvgIpc) is 3.14. The molecule has 2 aliphatic rings. The molecule has 1 unspecified atom stereocenters. The van der Waals surface area contributed by atoms with E-state index in [1.54, 1.807) is 36.1 Å². The van der Waals surface area contributed by atoms with E-state index >= 15 is 0 Å². The molecule has 2 amide bonds. The highest BCUT2D eigenvalue weighted by Gasteiger charge is 2.67. The molecule has 1 aliphatic carbocycles. The number of hydrogen-bond donors (Lipinski definition) is 1. The molecule has 0 aromatic heterocycles. The molecule has 0 spiro atoms. The molecule has 1 aromatic carbocycles. The maximum absolute atomic E-state index is 12.2. The fraction of sp³-hybridized carbons (Fsp3) is 0.529. The van der Waals surface area contributed by atoms with Crippen LogP contribution in [0.25, 0.3) is 0 Å². The Balaban J connectivity index is 1.49. The van der Waals surface area contributed by atoms with E-state index in [2.05, 4.69) is 5.32 Å². The second kappa shape index (κ2) is 7.02. The first-order chi connectivity index (χ1) is 11.8. The van der Waals surface area contributed by atoms with E-state index in [9.17, 15) is 9.59 Å². The van der Waals surface area contributed by atoms with Gasteiger partial charge >= 0.3 is 0 Å². The number of carbonyl (C=O) groups excluding carboxylic acids is 2. The van der Waals surface area contributed by atoms with Crippen molar-refractivity contribution in [3.8, 4) is 5.75 Å². The van der Waals surface area contributed by atoms with Gasteiger partial charge in [-0.25, -0.2) is 0 Å². The number of nitrogens with one attached hydrogen (secondary N) is 1. The second-order valence-electron chi connectivity index (χ2n) is 6.47. The topological polar surface area (TPSA) is 67.9 Å². The van der Waals surface area contributed by atoms with E-state index in [1.165, 1.54) is 0 Å². The number of amides is 2. The number of hydrogen-bond acceptors (Lipinski definition) is 4. The summed E-state index contributed by atoms with van der Waals surface area (Å²) in [4.78, 5) is 26.0. The third kappa shape index (κ3) is 4.02. The van der Waals surface area contributed by atoms with Gasteiger partial charge in [0.05, 0.1) is 18.6 Å². The molecule has 6 nitrogen and oxygen atoms in total. The molecule has 1 saturated carbocycles. The van der Waals surface area contributed by atoms with Crippen LogP contribution in [0.4, 0.5) is 5.69 Å². The summed E-state index contributed by atoms with van der Waals surface area (Å²) in [6.45, 7) is 4.01. The van der Waals surface area contributed by atoms with Crippen LogP contribution >= 0.6 is 23.2 Å². The van der Waals surface area contributed by atoms with Crippen LogP contribution in [0.1, 0.15) is 13.3 Å². The molecule has 3 rings (SSSR count). The number of anilines is 1. The maximum Gasteiger partial charge on any atom is 0.260 e. The van der Waals surface area contributed by atoms with E-state index in [1.807, 2.05) is 0 Å². The molecule has 0 bridgehead atoms. The van der Waals surface area contributed by atoms with Crippen LogP contribution in [0, 0.1) is 5.41 Å². The minimum Gasteiger partial charge on any atom is -0.484 e. The zero-order chi connectivity index (χ0) is 18.1. The Morgan fingerprint density at radius 2 is 1.84 bits per heavy atom. The number of morpholine rings is 1. The number of carbonyl (C=O) groups is 2. The van der Waals surface area contributed by atoms with Crippen molar-refractivity contribution >= 4 is 40.7 Å². The van der Waals surface area contributed by atoms with Crippen LogP contribution in [-0.4, -0.2) is 54.0 Å². The standard InChI is InChI=1S/C17H20Cl2N2O4/c1-16(11-17(16,18)19)15(23)20-12-2-4-13(5-3-12)25-10-14(22)21-6-8-24-9-7-21/h2-5H,6-11H2,1H3,(H,20,23). The fourth-order valence-corrected chi connectivity index (χ4v) is 3.31. The van der Waals surface area contributed by atoms with Gasteiger partial charge in [-0.05, 0) is 37.6 Å². The van der Waals surface area contributed by atoms with Gasteiger partial charge in [-0.15, -0.1) is 23.2 Å². The van der Waals surface area contributed by atoms with Crippen molar-refractivity contribution in [1.29, 1.82) is 0 Å². The lowest BCUT2D eigenvalue weighted by atomic mass is 10.1. The van der Waals surface area contributed by atoms with Crippen LogP contribution < -0.4 is 10.1 Å². The Morgan fingerprint density at radius 3 is 2.40 bits per heavy atom. The Kier molecular flexibility index (Phi) is 5.14. The monoisotopic (exact) mass is 386 g/mol. The molecular weight excluding hydrogens is 367 g/mol. The lowest BCUT2D eigenvalue weighted by Crippen LogP contribution is -2.42. The molecule has 1 aromatic rings. The summed E-state index contributed by atoms with van der Waals surface area (Å²) >= 11 is 12.0. The molecule has 1 heterocycles. The molecule has 25 heavy (non-hydrogen) atoms. The van der Waals surface area contributed by atoms with Gasteiger partial charge in [0.15, 0.2) is 6.61 Å². The van der Waals surface area contributed by atoms with Crippen LogP contribution in [0.3, 0.4) is 0 Å². The molecule has 1 N–H and O–H groups in total. The fourth-order valence-electron chi connectivity index (χ4n) is 2.60. The third-order valence-corrected chi connectivity index (χ3v) is 5.70. The predicted molar refractivity (Wildman–Crippen MR) is 95.1 cm³/mol. The average molecular weight is 387 g/mol. The minimum absolute atomic E-state index is 0.0230. The number of rotatable bonds is 5.